The fourth-order valence-electron chi connectivity index (χ4n) is 3.13. The van der Waals surface area contributed by atoms with Gasteiger partial charge in [-0.05, 0) is 49.7 Å². The number of hydrogen-bond donors (Lipinski definition) is 2. The third-order valence-corrected chi connectivity index (χ3v) is 5.46. The van der Waals surface area contributed by atoms with E-state index in [0.29, 0.717) is 0 Å². The van der Waals surface area contributed by atoms with Crippen molar-refractivity contribution in [2.75, 3.05) is 5.75 Å². The number of aryl methyl sites for hydroxylation is 2. The Morgan fingerprint density at radius 2 is 2.11 bits per heavy atom. The zero-order valence-corrected chi connectivity index (χ0v) is 12.1. The number of aromatic nitrogens is 1. The summed E-state index contributed by atoms with van der Waals surface area (Å²) in [5, 5.41) is 8.74. The Bertz CT molecular complexity index is 492. The second-order valence-electron chi connectivity index (χ2n) is 5.68. The Hall–Kier alpha value is -1.03. The molecule has 3 N–H and O–H groups in total. The van der Waals surface area contributed by atoms with Crippen LogP contribution < -0.4 is 5.73 Å². The van der Waals surface area contributed by atoms with Gasteiger partial charge in [0, 0.05) is 17.0 Å². The molecule has 0 aromatic carbocycles. The Balaban J connectivity index is 1.80. The van der Waals surface area contributed by atoms with Crippen LogP contribution in [-0.2, 0) is 12.8 Å². The minimum absolute atomic E-state index is 0.163. The number of pyridine rings is 1. The lowest BCUT2D eigenvalue weighted by Gasteiger charge is -2.12. The van der Waals surface area contributed by atoms with Crippen LogP contribution in [0.3, 0.4) is 0 Å². The number of nitrogens with one attached hydrogen (secondary N) is 1. The third kappa shape index (κ3) is 2.78. The maximum atomic E-state index is 7.75. The van der Waals surface area contributed by atoms with Crippen LogP contribution in [0.4, 0.5) is 0 Å². The molecular formula is C15H21N3S. The van der Waals surface area contributed by atoms with E-state index in [0.717, 1.165) is 35.1 Å². The summed E-state index contributed by atoms with van der Waals surface area (Å²) in [4.78, 5) is 4.78. The number of rotatable bonds is 4. The molecule has 2 aliphatic carbocycles. The van der Waals surface area contributed by atoms with Gasteiger partial charge >= 0.3 is 0 Å². The van der Waals surface area contributed by atoms with Gasteiger partial charge in [0.15, 0.2) is 0 Å². The normalized spacial score (nSPS) is 18.7. The van der Waals surface area contributed by atoms with Crippen LogP contribution in [-0.4, -0.2) is 16.6 Å². The van der Waals surface area contributed by atoms with E-state index in [1.807, 2.05) is 0 Å². The molecule has 1 aromatic heterocycles. The van der Waals surface area contributed by atoms with Crippen LogP contribution in [0.2, 0.25) is 0 Å². The maximum absolute atomic E-state index is 7.75. The zero-order valence-electron chi connectivity index (χ0n) is 11.2. The molecular weight excluding hydrogens is 254 g/mol. The number of amidine groups is 1. The fraction of sp³-hybridized carbons (Fsp3) is 0.600. The van der Waals surface area contributed by atoms with Crippen molar-refractivity contribution in [2.24, 2.45) is 11.7 Å². The van der Waals surface area contributed by atoms with Crippen LogP contribution in [0.25, 0.3) is 0 Å². The topological polar surface area (TPSA) is 62.8 Å². The SMILES string of the molecule is N=C(N)c1cc2c(nc1SCC1CCCC1)CCC2. The summed E-state index contributed by atoms with van der Waals surface area (Å²) < 4.78 is 0. The van der Waals surface area contributed by atoms with Crippen LogP contribution in [0.1, 0.15) is 48.9 Å². The van der Waals surface area contributed by atoms with Gasteiger partial charge in [0.05, 0.1) is 0 Å². The summed E-state index contributed by atoms with van der Waals surface area (Å²) in [6.07, 6.45) is 8.84. The molecule has 1 saturated carbocycles. The van der Waals surface area contributed by atoms with Gasteiger partial charge in [0.25, 0.3) is 0 Å². The van der Waals surface area contributed by atoms with E-state index >= 15 is 0 Å². The molecule has 0 saturated heterocycles. The first kappa shape index (κ1) is 13.0. The van der Waals surface area contributed by atoms with E-state index in [1.165, 1.54) is 43.4 Å². The lowest BCUT2D eigenvalue weighted by atomic mass is 10.1. The van der Waals surface area contributed by atoms with E-state index < -0.39 is 0 Å². The van der Waals surface area contributed by atoms with Crippen LogP contribution in [0, 0.1) is 11.3 Å². The highest BCUT2D eigenvalue weighted by Gasteiger charge is 2.20. The summed E-state index contributed by atoms with van der Waals surface area (Å²) >= 11 is 1.81. The van der Waals surface area contributed by atoms with Crippen molar-refractivity contribution in [1.29, 1.82) is 5.41 Å². The summed E-state index contributed by atoms with van der Waals surface area (Å²) in [5.74, 6) is 2.13. The molecule has 19 heavy (non-hydrogen) atoms. The number of nitrogen functional groups attached to an aromatic ring is 1. The highest BCUT2D eigenvalue weighted by molar-refractivity contribution is 7.99. The second kappa shape index (κ2) is 5.53. The van der Waals surface area contributed by atoms with Gasteiger partial charge in [-0.2, -0.15) is 0 Å². The second-order valence-corrected chi connectivity index (χ2v) is 6.68. The van der Waals surface area contributed by atoms with Crippen molar-refractivity contribution < 1.29 is 0 Å². The number of thioether (sulfide) groups is 1. The van der Waals surface area contributed by atoms with Crippen molar-refractivity contribution in [2.45, 2.75) is 50.0 Å². The van der Waals surface area contributed by atoms with Crippen molar-refractivity contribution in [3.63, 3.8) is 0 Å². The van der Waals surface area contributed by atoms with E-state index in [-0.39, 0.29) is 5.84 Å². The first-order chi connectivity index (χ1) is 9.24. The zero-order chi connectivity index (χ0) is 13.2. The first-order valence-corrected chi connectivity index (χ1v) is 8.22. The molecule has 1 heterocycles. The standard InChI is InChI=1S/C15H21N3S/c16-14(17)12-8-11-6-3-7-13(11)18-15(12)19-9-10-4-1-2-5-10/h8,10H,1-7,9H2,(H3,16,17). The highest BCUT2D eigenvalue weighted by Crippen LogP contribution is 2.33. The largest absolute Gasteiger partial charge is 0.384 e. The average molecular weight is 275 g/mol. The molecule has 0 radical (unpaired) electrons. The third-order valence-electron chi connectivity index (χ3n) is 4.24. The predicted octanol–water partition coefficient (Wildman–Crippen LogP) is 3.14. The van der Waals surface area contributed by atoms with Crippen molar-refractivity contribution in [3.05, 3.63) is 22.9 Å². The van der Waals surface area contributed by atoms with Gasteiger partial charge < -0.3 is 5.73 Å². The molecule has 3 nitrogen and oxygen atoms in total. The minimum Gasteiger partial charge on any atom is -0.384 e. The van der Waals surface area contributed by atoms with Gasteiger partial charge in [0.2, 0.25) is 0 Å². The molecule has 0 atom stereocenters. The molecule has 2 aliphatic rings. The predicted molar refractivity (Wildman–Crippen MR) is 80.0 cm³/mol. The van der Waals surface area contributed by atoms with Crippen LogP contribution in [0.5, 0.6) is 0 Å². The molecule has 0 unspecified atom stereocenters. The van der Waals surface area contributed by atoms with Gasteiger partial charge in [0.1, 0.15) is 10.9 Å². The Morgan fingerprint density at radius 1 is 1.32 bits per heavy atom. The Morgan fingerprint density at radius 3 is 2.84 bits per heavy atom. The lowest BCUT2D eigenvalue weighted by Crippen LogP contribution is -2.14. The molecule has 1 aromatic rings. The first-order valence-electron chi connectivity index (χ1n) is 7.24. The number of fused-ring (bicyclic) bond motifs is 1. The van der Waals surface area contributed by atoms with Gasteiger partial charge in [-0.1, -0.05) is 12.8 Å². The molecule has 4 heteroatoms. The smallest absolute Gasteiger partial charge is 0.125 e. The van der Waals surface area contributed by atoms with Crippen LogP contribution in [0.15, 0.2) is 11.1 Å². The fourth-order valence-corrected chi connectivity index (χ4v) is 4.36. The van der Waals surface area contributed by atoms with Crippen molar-refractivity contribution in [3.8, 4) is 0 Å². The van der Waals surface area contributed by atoms with E-state index in [2.05, 4.69) is 6.07 Å². The molecule has 102 valence electrons. The molecule has 0 amide bonds. The van der Waals surface area contributed by atoms with Gasteiger partial charge in [-0.25, -0.2) is 4.98 Å². The van der Waals surface area contributed by atoms with Crippen molar-refractivity contribution in [1.82, 2.24) is 4.98 Å². The van der Waals surface area contributed by atoms with E-state index in [1.54, 1.807) is 11.8 Å². The van der Waals surface area contributed by atoms with Gasteiger partial charge in [-0.15, -0.1) is 11.8 Å². The van der Waals surface area contributed by atoms with Crippen LogP contribution >= 0.6 is 11.8 Å². The lowest BCUT2D eigenvalue weighted by molar-refractivity contribution is 0.622. The van der Waals surface area contributed by atoms with E-state index in [4.69, 9.17) is 16.1 Å². The molecule has 0 aliphatic heterocycles. The summed E-state index contributed by atoms with van der Waals surface area (Å²) in [6, 6.07) is 2.11. The number of nitrogens with two attached hydrogens (primary N) is 1. The number of nitrogens with zero attached hydrogens (tertiary/aromatic N) is 1. The molecule has 0 bridgehead atoms. The Kier molecular flexibility index (Phi) is 3.78. The Labute approximate surface area is 118 Å². The quantitative estimate of drug-likeness (QED) is 0.504. The van der Waals surface area contributed by atoms with Crippen molar-refractivity contribution >= 4 is 17.6 Å². The van der Waals surface area contributed by atoms with Gasteiger partial charge in [-0.3, -0.25) is 5.41 Å². The minimum atomic E-state index is 0.163. The molecule has 3 rings (SSSR count). The van der Waals surface area contributed by atoms with E-state index in [9.17, 15) is 0 Å². The molecule has 0 spiro atoms. The average Bonchev–Trinajstić information content (AvgIpc) is 3.05. The molecule has 1 fully saturated rings. The summed E-state index contributed by atoms with van der Waals surface area (Å²) in [7, 11) is 0. The highest BCUT2D eigenvalue weighted by atomic mass is 32.2. The number of hydrogen-bond acceptors (Lipinski definition) is 3. The monoisotopic (exact) mass is 275 g/mol. The summed E-state index contributed by atoms with van der Waals surface area (Å²) in [5.41, 5.74) is 9.11. The maximum Gasteiger partial charge on any atom is 0.125 e. The summed E-state index contributed by atoms with van der Waals surface area (Å²) in [6.45, 7) is 0.